The smallest absolute Gasteiger partial charge is 0.237 e. The molecule has 1 aromatic carbocycles. The summed E-state index contributed by atoms with van der Waals surface area (Å²) in [6, 6.07) is 8.83. The molecule has 1 aliphatic carbocycles. The van der Waals surface area contributed by atoms with Crippen LogP contribution in [0.25, 0.3) is 0 Å². The Morgan fingerprint density at radius 1 is 1.23 bits per heavy atom. The molecule has 2 fully saturated rings. The first-order valence-corrected chi connectivity index (χ1v) is 9.73. The van der Waals surface area contributed by atoms with Gasteiger partial charge < -0.3 is 9.42 Å². The molecule has 2 aromatic rings. The molecular formula is C21H27N3O2. The van der Waals surface area contributed by atoms with Crippen LogP contribution in [0.1, 0.15) is 87.7 Å². The summed E-state index contributed by atoms with van der Waals surface area (Å²) in [5, 5.41) is 4.27. The molecule has 5 heteroatoms. The minimum absolute atomic E-state index is 0.0366. The minimum Gasteiger partial charge on any atom is -0.338 e. The minimum atomic E-state index is -0.152. The van der Waals surface area contributed by atoms with E-state index in [2.05, 4.69) is 43.3 Å². The number of benzene rings is 1. The van der Waals surface area contributed by atoms with Gasteiger partial charge in [-0.1, -0.05) is 49.7 Å². The van der Waals surface area contributed by atoms with E-state index in [-0.39, 0.29) is 17.4 Å². The number of hydrogen-bond donors (Lipinski definition) is 0. The lowest BCUT2D eigenvalue weighted by atomic mass is 9.64. The zero-order valence-electron chi connectivity index (χ0n) is 15.9. The van der Waals surface area contributed by atoms with E-state index in [1.54, 1.807) is 6.92 Å². The predicted octanol–water partition coefficient (Wildman–Crippen LogP) is 4.35. The first-order valence-electron chi connectivity index (χ1n) is 9.73. The first kappa shape index (κ1) is 17.3. The summed E-state index contributed by atoms with van der Waals surface area (Å²) in [6.07, 6.45) is 5.16. The normalized spacial score (nSPS) is 21.8. The molecule has 1 atom stereocenters. The van der Waals surface area contributed by atoms with Gasteiger partial charge in [0.2, 0.25) is 11.8 Å². The van der Waals surface area contributed by atoms with E-state index >= 15 is 0 Å². The summed E-state index contributed by atoms with van der Waals surface area (Å²) >= 11 is 0. The van der Waals surface area contributed by atoms with Crippen molar-refractivity contribution in [2.24, 2.45) is 0 Å². The van der Waals surface area contributed by atoms with Gasteiger partial charge in [-0.15, -0.1) is 0 Å². The SMILES string of the molecule is CC(=O)N1CCCC1c1noc(C2(c3ccc(C(C)C)cc3)CCC2)n1. The highest BCUT2D eigenvalue weighted by atomic mass is 16.5. The number of rotatable bonds is 4. The van der Waals surface area contributed by atoms with E-state index in [0.717, 1.165) is 32.2 Å². The fraction of sp³-hybridized carbons (Fsp3) is 0.571. The number of likely N-dealkylation sites (tertiary alicyclic amines) is 1. The summed E-state index contributed by atoms with van der Waals surface area (Å²) in [6.45, 7) is 6.82. The molecule has 1 unspecified atom stereocenters. The van der Waals surface area contributed by atoms with Gasteiger partial charge in [-0.3, -0.25) is 4.79 Å². The van der Waals surface area contributed by atoms with Crippen molar-refractivity contribution in [3.05, 3.63) is 47.1 Å². The lowest BCUT2D eigenvalue weighted by Crippen LogP contribution is -2.36. The molecule has 1 saturated carbocycles. The van der Waals surface area contributed by atoms with E-state index in [1.807, 2.05) is 4.90 Å². The lowest BCUT2D eigenvalue weighted by Gasteiger charge is -2.39. The monoisotopic (exact) mass is 353 g/mol. The molecule has 1 amide bonds. The quantitative estimate of drug-likeness (QED) is 0.820. The van der Waals surface area contributed by atoms with Crippen molar-refractivity contribution in [3.63, 3.8) is 0 Å². The lowest BCUT2D eigenvalue weighted by molar-refractivity contribution is -0.129. The highest BCUT2D eigenvalue weighted by Gasteiger charge is 2.46. The molecule has 1 saturated heterocycles. The Kier molecular flexibility index (Phi) is 4.33. The summed E-state index contributed by atoms with van der Waals surface area (Å²) in [4.78, 5) is 18.5. The van der Waals surface area contributed by atoms with Crippen molar-refractivity contribution in [2.45, 2.75) is 70.3 Å². The van der Waals surface area contributed by atoms with E-state index in [4.69, 9.17) is 9.51 Å². The van der Waals surface area contributed by atoms with Crippen LogP contribution in [0.2, 0.25) is 0 Å². The molecule has 0 bridgehead atoms. The van der Waals surface area contributed by atoms with Crippen molar-refractivity contribution >= 4 is 5.91 Å². The zero-order valence-corrected chi connectivity index (χ0v) is 15.9. The van der Waals surface area contributed by atoms with Crippen LogP contribution in [-0.2, 0) is 10.2 Å². The fourth-order valence-electron chi connectivity index (χ4n) is 4.32. The van der Waals surface area contributed by atoms with E-state index in [1.165, 1.54) is 17.5 Å². The van der Waals surface area contributed by atoms with Gasteiger partial charge in [0.1, 0.15) is 0 Å². The first-order chi connectivity index (χ1) is 12.5. The van der Waals surface area contributed by atoms with Gasteiger partial charge in [-0.05, 0) is 42.7 Å². The molecule has 0 spiro atoms. The van der Waals surface area contributed by atoms with Crippen LogP contribution in [0.3, 0.4) is 0 Å². The largest absolute Gasteiger partial charge is 0.338 e. The third kappa shape index (κ3) is 2.74. The molecular weight excluding hydrogens is 326 g/mol. The van der Waals surface area contributed by atoms with Crippen LogP contribution < -0.4 is 0 Å². The van der Waals surface area contributed by atoms with Crippen LogP contribution in [0.5, 0.6) is 0 Å². The number of hydrogen-bond acceptors (Lipinski definition) is 4. The summed E-state index contributed by atoms with van der Waals surface area (Å²) in [7, 11) is 0. The number of carbonyl (C=O) groups excluding carboxylic acids is 1. The van der Waals surface area contributed by atoms with Gasteiger partial charge in [-0.25, -0.2) is 0 Å². The highest BCUT2D eigenvalue weighted by Crippen LogP contribution is 2.49. The van der Waals surface area contributed by atoms with Crippen LogP contribution in [0, 0.1) is 0 Å². The molecule has 2 aliphatic rings. The Morgan fingerprint density at radius 3 is 2.54 bits per heavy atom. The van der Waals surface area contributed by atoms with Gasteiger partial charge in [0, 0.05) is 13.5 Å². The molecule has 0 N–H and O–H groups in total. The van der Waals surface area contributed by atoms with Gasteiger partial charge in [-0.2, -0.15) is 4.98 Å². The second-order valence-electron chi connectivity index (χ2n) is 8.04. The molecule has 138 valence electrons. The molecule has 2 heterocycles. The summed E-state index contributed by atoms with van der Waals surface area (Å²) in [5.41, 5.74) is 2.45. The van der Waals surface area contributed by atoms with E-state index < -0.39 is 0 Å². The molecule has 4 rings (SSSR count). The zero-order chi connectivity index (χ0) is 18.3. The van der Waals surface area contributed by atoms with Crippen molar-refractivity contribution in [1.29, 1.82) is 0 Å². The second-order valence-corrected chi connectivity index (χ2v) is 8.04. The fourth-order valence-corrected chi connectivity index (χ4v) is 4.32. The predicted molar refractivity (Wildman–Crippen MR) is 98.8 cm³/mol. The Bertz CT molecular complexity index is 790. The average molecular weight is 353 g/mol. The second kappa shape index (κ2) is 6.53. The molecule has 0 radical (unpaired) electrons. The van der Waals surface area contributed by atoms with Gasteiger partial charge in [0.05, 0.1) is 11.5 Å². The number of aromatic nitrogens is 2. The summed E-state index contributed by atoms with van der Waals surface area (Å²) < 4.78 is 5.75. The Labute approximate surface area is 154 Å². The topological polar surface area (TPSA) is 59.2 Å². The highest BCUT2D eigenvalue weighted by molar-refractivity contribution is 5.74. The third-order valence-electron chi connectivity index (χ3n) is 6.14. The van der Waals surface area contributed by atoms with Crippen molar-refractivity contribution in [1.82, 2.24) is 15.0 Å². The van der Waals surface area contributed by atoms with Crippen LogP contribution in [0.4, 0.5) is 0 Å². The van der Waals surface area contributed by atoms with Gasteiger partial charge in [0.15, 0.2) is 5.82 Å². The maximum Gasteiger partial charge on any atom is 0.237 e. The van der Waals surface area contributed by atoms with Gasteiger partial charge in [0.25, 0.3) is 0 Å². The standard InChI is InChI=1S/C21H27N3O2/c1-14(2)16-7-9-17(10-8-16)21(11-5-12-21)20-22-19(23-26-20)18-6-4-13-24(18)15(3)25/h7-10,14,18H,4-6,11-13H2,1-3H3. The van der Waals surface area contributed by atoms with Crippen LogP contribution in [-0.4, -0.2) is 27.5 Å². The average Bonchev–Trinajstić information content (AvgIpc) is 3.23. The third-order valence-corrected chi connectivity index (χ3v) is 6.14. The number of amides is 1. The van der Waals surface area contributed by atoms with Gasteiger partial charge >= 0.3 is 0 Å². The van der Waals surface area contributed by atoms with Crippen molar-refractivity contribution < 1.29 is 9.32 Å². The summed E-state index contributed by atoms with van der Waals surface area (Å²) in [5.74, 6) is 1.99. The molecule has 1 aromatic heterocycles. The van der Waals surface area contributed by atoms with Crippen LogP contribution in [0.15, 0.2) is 28.8 Å². The molecule has 26 heavy (non-hydrogen) atoms. The van der Waals surface area contributed by atoms with Crippen molar-refractivity contribution in [3.8, 4) is 0 Å². The Balaban J connectivity index is 1.63. The van der Waals surface area contributed by atoms with E-state index in [0.29, 0.717) is 17.6 Å². The molecule has 5 nitrogen and oxygen atoms in total. The van der Waals surface area contributed by atoms with Crippen molar-refractivity contribution in [2.75, 3.05) is 6.54 Å². The Morgan fingerprint density at radius 2 is 1.96 bits per heavy atom. The number of nitrogens with zero attached hydrogens (tertiary/aromatic N) is 3. The maximum absolute atomic E-state index is 11.8. The van der Waals surface area contributed by atoms with E-state index in [9.17, 15) is 4.79 Å². The number of carbonyl (C=O) groups is 1. The maximum atomic E-state index is 11.8. The van der Waals surface area contributed by atoms with Crippen LogP contribution >= 0.6 is 0 Å². The molecule has 1 aliphatic heterocycles. The Hall–Kier alpha value is -2.17.